The van der Waals surface area contributed by atoms with Gasteiger partial charge in [0.2, 0.25) is 0 Å². The largest absolute Gasteiger partial charge is 0.525 e. The van der Waals surface area contributed by atoms with Gasteiger partial charge in [0.15, 0.2) is 0 Å². The van der Waals surface area contributed by atoms with E-state index >= 15 is 0 Å². The molecule has 0 bridgehead atoms. The molecule has 48 heavy (non-hydrogen) atoms. The fourth-order valence-corrected chi connectivity index (χ4v) is 20.1. The highest BCUT2D eigenvalue weighted by atomic mass is 28.4. The molecule has 0 fully saturated rings. The molecule has 0 aliphatic heterocycles. The Labute approximate surface area is 282 Å². The van der Waals surface area contributed by atoms with Gasteiger partial charge in [-0.3, -0.25) is 4.79 Å². The van der Waals surface area contributed by atoms with Crippen molar-refractivity contribution in [3.05, 3.63) is 59.9 Å². The van der Waals surface area contributed by atoms with Crippen molar-refractivity contribution < 1.29 is 53.5 Å². The number of ether oxygens (including phenoxy) is 1. The van der Waals surface area contributed by atoms with Crippen molar-refractivity contribution in [1.82, 2.24) is 0 Å². The van der Waals surface area contributed by atoms with Gasteiger partial charge in [0.1, 0.15) is 16.1 Å². The first-order chi connectivity index (χ1) is 21.7. The first-order valence-electron chi connectivity index (χ1n) is 15.1. The molecule has 0 heterocycles. The van der Waals surface area contributed by atoms with Gasteiger partial charge in [-0.25, -0.2) is 4.74 Å². The maximum atomic E-state index is 14.7. The Bertz CT molecular complexity index is 1420. The van der Waals surface area contributed by atoms with Crippen LogP contribution in [0.15, 0.2) is 59.9 Å². The molecule has 6 nitrogen and oxygen atoms in total. The van der Waals surface area contributed by atoms with Gasteiger partial charge in [-0.2, -0.15) is 17.6 Å². The third kappa shape index (κ3) is 9.15. The molecule has 270 valence electrons. The molecule has 0 aromatic heterocycles. The van der Waals surface area contributed by atoms with E-state index in [2.05, 4.69) is 61.8 Å². The Hall–Kier alpha value is -2.13. The highest BCUT2D eigenvalue weighted by Crippen LogP contribution is 2.41. The molecule has 0 saturated heterocycles. The van der Waals surface area contributed by atoms with Crippen LogP contribution in [0.1, 0.15) is 6.42 Å². The summed E-state index contributed by atoms with van der Waals surface area (Å²) in [6, 6.07) is 16.1. The van der Waals surface area contributed by atoms with E-state index in [0.717, 1.165) is 29.5 Å². The summed E-state index contributed by atoms with van der Waals surface area (Å²) in [6.45, 7) is 17.4. The molecule has 1 amide bonds. The highest BCUT2D eigenvalue weighted by molar-refractivity contribution is 7.15. The molecule has 0 aliphatic rings. The summed E-state index contributed by atoms with van der Waals surface area (Å²) in [4.78, 5) is 13.7. The number of benzene rings is 2. The van der Waals surface area contributed by atoms with Crippen LogP contribution in [0.25, 0.3) is 0 Å². The molecule has 2 aromatic carbocycles. The average Bonchev–Trinajstić information content (AvgIpc) is 3.00. The molecule has 2 aromatic rings. The van der Waals surface area contributed by atoms with E-state index in [1.165, 1.54) is 23.4 Å². The van der Waals surface area contributed by atoms with E-state index in [9.17, 15) is 35.5 Å². The maximum absolute atomic E-state index is 14.7. The van der Waals surface area contributed by atoms with Crippen molar-refractivity contribution >= 4 is 60.2 Å². The number of rotatable bonds is 15. The number of anilines is 1. The van der Waals surface area contributed by atoms with Gasteiger partial charge >= 0.3 is 33.1 Å². The van der Waals surface area contributed by atoms with E-state index in [4.69, 9.17) is 13.3 Å². The van der Waals surface area contributed by atoms with Crippen LogP contribution in [0.2, 0.25) is 51.4 Å². The number of halogens is 7. The van der Waals surface area contributed by atoms with Crippen LogP contribution in [0.3, 0.4) is 0 Å². The summed E-state index contributed by atoms with van der Waals surface area (Å²) in [5.41, 5.74) is -0.222. The number of carbonyl (C=O) groups is 1. The lowest BCUT2D eigenvalue weighted by molar-refractivity contribution is -0.431. The summed E-state index contributed by atoms with van der Waals surface area (Å²) < 4.78 is 112. The topological polar surface area (TPSA) is 57.2 Å². The van der Waals surface area contributed by atoms with Crippen molar-refractivity contribution in [2.24, 2.45) is 0 Å². The predicted octanol–water partition coefficient (Wildman–Crippen LogP) is 6.76. The molecular formula is C31H46F7NO5Si4. The second kappa shape index (κ2) is 15.0. The van der Waals surface area contributed by atoms with Gasteiger partial charge in [0, 0.05) is 40.1 Å². The molecule has 1 atom stereocenters. The van der Waals surface area contributed by atoms with Crippen LogP contribution in [0.4, 0.5) is 36.4 Å². The zero-order valence-electron chi connectivity index (χ0n) is 29.1. The second-order valence-corrected chi connectivity index (χ2v) is 30.7. The third-order valence-electron chi connectivity index (χ3n) is 9.27. The second-order valence-electron chi connectivity index (χ2n) is 13.4. The Morgan fingerprint density at radius 3 is 1.69 bits per heavy atom. The van der Waals surface area contributed by atoms with Crippen LogP contribution in [-0.4, -0.2) is 85.7 Å². The minimum Gasteiger partial charge on any atom is -0.377 e. The van der Waals surface area contributed by atoms with E-state index in [1.54, 1.807) is 27.4 Å². The fraction of sp³-hybridized carbons (Fsp3) is 0.516. The maximum Gasteiger partial charge on any atom is 0.525 e. The molecule has 0 spiro atoms. The first-order valence-corrected chi connectivity index (χ1v) is 26.3. The molecule has 17 heteroatoms. The highest BCUT2D eigenvalue weighted by Gasteiger charge is 2.69. The lowest BCUT2D eigenvalue weighted by atomic mass is 10.2. The SMILES string of the molecule is C=C([Si](C)(C)c1ccc([Si](C)(C)CCC[Si](OC)(OC)OC)cc1)[Si](C)(C)c1cccc(N(C)C(=O)C(F)(OC(F)(F)F)C(F)(F)F)c1. The normalized spacial score (nSPS) is 14.9. The fourth-order valence-electron chi connectivity index (χ4n) is 5.73. The summed E-state index contributed by atoms with van der Waals surface area (Å²) in [5.74, 6) is -8.18. The van der Waals surface area contributed by atoms with Crippen molar-refractivity contribution in [3.8, 4) is 0 Å². The smallest absolute Gasteiger partial charge is 0.377 e. The quantitative estimate of drug-likeness (QED) is 0.149. The van der Waals surface area contributed by atoms with Gasteiger partial charge in [-0.05, 0) is 12.1 Å². The standard InChI is InChI=1S/C31H46F7NO5Si4/c1-23(46(8,9)26-18-16-25(17-19-26)45(6,7)20-13-21-48(41-3,42-4)43-5)47(10,11)27-15-12-14-24(22-27)39(2)28(40)29(32,30(33,34)35)44-31(36,37)38/h12,14-19,22H,1,13,20-21H2,2-11H3. The lowest BCUT2D eigenvalue weighted by Crippen LogP contribution is -2.58. The number of hydrogen-bond donors (Lipinski definition) is 0. The Kier molecular flexibility index (Phi) is 13.1. The van der Waals surface area contributed by atoms with Crippen molar-refractivity contribution in [3.63, 3.8) is 0 Å². The van der Waals surface area contributed by atoms with Crippen LogP contribution in [-0.2, 0) is 22.8 Å². The van der Waals surface area contributed by atoms with Gasteiger partial charge in [-0.15, -0.1) is 19.8 Å². The average molecular weight is 758 g/mol. The Morgan fingerprint density at radius 1 is 0.750 bits per heavy atom. The number of nitrogens with zero attached hydrogens (tertiary/aromatic N) is 1. The van der Waals surface area contributed by atoms with Crippen LogP contribution in [0.5, 0.6) is 0 Å². The van der Waals surface area contributed by atoms with Crippen LogP contribution < -0.4 is 20.5 Å². The van der Waals surface area contributed by atoms with Crippen LogP contribution >= 0.6 is 0 Å². The Morgan fingerprint density at radius 2 is 1.23 bits per heavy atom. The van der Waals surface area contributed by atoms with E-state index in [1.807, 2.05) is 13.1 Å². The lowest BCUT2D eigenvalue weighted by Gasteiger charge is -2.37. The van der Waals surface area contributed by atoms with Crippen molar-refractivity contribution in [2.45, 2.75) is 76.2 Å². The predicted molar refractivity (Wildman–Crippen MR) is 185 cm³/mol. The van der Waals surface area contributed by atoms with Crippen molar-refractivity contribution in [2.75, 3.05) is 33.3 Å². The molecule has 0 saturated carbocycles. The first kappa shape index (κ1) is 42.0. The van der Waals surface area contributed by atoms with Gasteiger partial charge < -0.3 is 18.2 Å². The molecule has 1 unspecified atom stereocenters. The van der Waals surface area contributed by atoms with E-state index in [0.29, 0.717) is 11.2 Å². The van der Waals surface area contributed by atoms with Crippen LogP contribution in [0, 0.1) is 0 Å². The number of hydrogen-bond acceptors (Lipinski definition) is 5. The van der Waals surface area contributed by atoms with Gasteiger partial charge in [-0.1, -0.05) is 109 Å². The zero-order valence-corrected chi connectivity index (χ0v) is 33.1. The minimum absolute atomic E-state index is 0.185. The summed E-state index contributed by atoms with van der Waals surface area (Å²) >= 11 is 0. The van der Waals surface area contributed by atoms with E-state index in [-0.39, 0.29) is 10.6 Å². The Balaban J connectivity index is 2.34. The summed E-state index contributed by atoms with van der Waals surface area (Å²) in [6.07, 6.45) is -11.5. The molecular weight excluding hydrogens is 712 g/mol. The zero-order chi connectivity index (χ0) is 37.1. The summed E-state index contributed by atoms with van der Waals surface area (Å²) in [5, 5.41) is 3.08. The third-order valence-corrected chi connectivity index (χ3v) is 25.9. The molecule has 0 N–H and O–H groups in total. The number of amides is 1. The van der Waals surface area contributed by atoms with Crippen molar-refractivity contribution in [1.29, 1.82) is 0 Å². The van der Waals surface area contributed by atoms with E-state index < -0.39 is 57.3 Å². The number of alkyl halides is 7. The molecule has 2 rings (SSSR count). The monoisotopic (exact) mass is 757 g/mol. The van der Waals surface area contributed by atoms with Gasteiger partial charge in [0.05, 0.1) is 8.07 Å². The number of likely N-dealkylation sites (N-methyl/N-ethyl adjacent to an activating group) is 1. The van der Waals surface area contributed by atoms with Gasteiger partial charge in [0.25, 0.3) is 0 Å². The summed E-state index contributed by atoms with van der Waals surface area (Å²) in [7, 11) is -3.95. The minimum atomic E-state index is -6.29. The number of carbonyl (C=O) groups excluding carboxylic acids is 1. The molecule has 0 aliphatic carbocycles. The molecule has 0 radical (unpaired) electrons.